The number of carbonyl (C=O) groups excluding carboxylic acids is 1. The van der Waals surface area contributed by atoms with Gasteiger partial charge in [-0.25, -0.2) is 4.98 Å². The molecule has 0 atom stereocenters. The normalized spacial score (nSPS) is 10.8. The van der Waals surface area contributed by atoms with Gasteiger partial charge in [0.2, 0.25) is 5.91 Å². The molecule has 0 aliphatic heterocycles. The Labute approximate surface area is 151 Å². The van der Waals surface area contributed by atoms with Crippen LogP contribution < -0.4 is 5.56 Å². The van der Waals surface area contributed by atoms with Crippen molar-refractivity contribution < 1.29 is 9.53 Å². The molecule has 0 unspecified atom stereocenters. The zero-order chi connectivity index (χ0) is 18.4. The minimum absolute atomic E-state index is 0.00734. The molecule has 0 radical (unpaired) electrons. The Morgan fingerprint density at radius 2 is 1.85 bits per heavy atom. The molecule has 3 aromatic rings. The summed E-state index contributed by atoms with van der Waals surface area (Å²) in [6.07, 6.45) is 0.716. The molecule has 6 nitrogen and oxygen atoms in total. The third-order valence-corrected chi connectivity index (χ3v) is 4.14. The molecule has 26 heavy (non-hydrogen) atoms. The third kappa shape index (κ3) is 4.34. The van der Waals surface area contributed by atoms with E-state index in [-0.39, 0.29) is 24.6 Å². The van der Waals surface area contributed by atoms with Crippen molar-refractivity contribution >= 4 is 16.8 Å². The van der Waals surface area contributed by atoms with Crippen molar-refractivity contribution in [3.63, 3.8) is 0 Å². The second-order valence-corrected chi connectivity index (χ2v) is 6.01. The van der Waals surface area contributed by atoms with Crippen LogP contribution in [0.2, 0.25) is 0 Å². The van der Waals surface area contributed by atoms with Crippen LogP contribution >= 0.6 is 0 Å². The SMILES string of the molecule is COCC(=O)N(CCc1ccccc1)Cc1nc2ccccc2c(=O)[nH]1. The number of benzene rings is 2. The zero-order valence-electron chi connectivity index (χ0n) is 14.6. The number of amides is 1. The molecule has 3 rings (SSSR count). The van der Waals surface area contributed by atoms with Gasteiger partial charge in [-0.1, -0.05) is 42.5 Å². The predicted octanol–water partition coefficient (Wildman–Crippen LogP) is 2.14. The maximum atomic E-state index is 12.4. The number of hydrogen-bond donors (Lipinski definition) is 1. The smallest absolute Gasteiger partial charge is 0.258 e. The maximum absolute atomic E-state index is 12.4. The minimum Gasteiger partial charge on any atom is -0.375 e. The number of nitrogens with one attached hydrogen (secondary N) is 1. The first-order valence-corrected chi connectivity index (χ1v) is 8.46. The average molecular weight is 351 g/mol. The molecule has 0 saturated heterocycles. The molecule has 0 spiro atoms. The minimum atomic E-state index is -0.201. The summed E-state index contributed by atoms with van der Waals surface area (Å²) in [6, 6.07) is 17.1. The molecule has 1 heterocycles. The number of H-pyrrole nitrogens is 1. The van der Waals surface area contributed by atoms with Crippen LogP contribution in [0.15, 0.2) is 59.4 Å². The fraction of sp³-hybridized carbons (Fsp3) is 0.250. The molecular weight excluding hydrogens is 330 g/mol. The number of aromatic nitrogens is 2. The Morgan fingerprint density at radius 1 is 1.12 bits per heavy atom. The highest BCUT2D eigenvalue weighted by molar-refractivity contribution is 5.78. The second-order valence-electron chi connectivity index (χ2n) is 6.01. The predicted molar refractivity (Wildman–Crippen MR) is 99.8 cm³/mol. The lowest BCUT2D eigenvalue weighted by Gasteiger charge is -2.22. The van der Waals surface area contributed by atoms with Crippen LogP contribution in [0.1, 0.15) is 11.4 Å². The molecule has 6 heteroatoms. The molecule has 0 aliphatic rings. The lowest BCUT2D eigenvalue weighted by atomic mass is 10.1. The zero-order valence-corrected chi connectivity index (χ0v) is 14.6. The monoisotopic (exact) mass is 351 g/mol. The molecule has 1 N–H and O–H groups in total. The van der Waals surface area contributed by atoms with Crippen molar-refractivity contribution in [1.82, 2.24) is 14.9 Å². The van der Waals surface area contributed by atoms with Crippen LogP contribution in [0.4, 0.5) is 0 Å². The lowest BCUT2D eigenvalue weighted by molar-refractivity contribution is -0.135. The number of ether oxygens (including phenoxy) is 1. The van der Waals surface area contributed by atoms with E-state index in [0.717, 1.165) is 5.56 Å². The van der Waals surface area contributed by atoms with Crippen LogP contribution in [0.25, 0.3) is 10.9 Å². The molecule has 0 aliphatic carbocycles. The van der Waals surface area contributed by atoms with Gasteiger partial charge in [0.15, 0.2) is 0 Å². The number of nitrogens with zero attached hydrogens (tertiary/aromatic N) is 2. The molecule has 1 aromatic heterocycles. The van der Waals surface area contributed by atoms with Gasteiger partial charge in [-0.2, -0.15) is 0 Å². The molecule has 0 saturated carbocycles. The van der Waals surface area contributed by atoms with Gasteiger partial charge in [-0.15, -0.1) is 0 Å². The van der Waals surface area contributed by atoms with Gasteiger partial charge in [0, 0.05) is 13.7 Å². The van der Waals surface area contributed by atoms with E-state index < -0.39 is 0 Å². The topological polar surface area (TPSA) is 75.3 Å². The Balaban J connectivity index is 1.80. The van der Waals surface area contributed by atoms with Gasteiger partial charge < -0.3 is 14.6 Å². The summed E-state index contributed by atoms with van der Waals surface area (Å²) in [5, 5.41) is 0.537. The van der Waals surface area contributed by atoms with Gasteiger partial charge in [-0.3, -0.25) is 9.59 Å². The number of para-hydroxylation sites is 1. The summed E-state index contributed by atoms with van der Waals surface area (Å²) in [5.74, 6) is 0.324. The first-order valence-electron chi connectivity index (χ1n) is 8.46. The number of hydrogen-bond acceptors (Lipinski definition) is 4. The van der Waals surface area contributed by atoms with E-state index in [9.17, 15) is 9.59 Å². The quantitative estimate of drug-likeness (QED) is 0.708. The largest absolute Gasteiger partial charge is 0.375 e. The van der Waals surface area contributed by atoms with E-state index in [4.69, 9.17) is 4.74 Å². The molecule has 2 aromatic carbocycles. The van der Waals surface area contributed by atoms with Crippen molar-refractivity contribution in [2.75, 3.05) is 20.3 Å². The van der Waals surface area contributed by atoms with Gasteiger partial charge in [0.25, 0.3) is 5.56 Å². The van der Waals surface area contributed by atoms with E-state index in [1.807, 2.05) is 36.4 Å². The van der Waals surface area contributed by atoms with Gasteiger partial charge in [0.05, 0.1) is 17.4 Å². The van der Waals surface area contributed by atoms with Crippen molar-refractivity contribution in [3.8, 4) is 0 Å². The molecule has 0 bridgehead atoms. The standard InChI is InChI=1S/C20H21N3O3/c1-26-14-19(24)23(12-11-15-7-3-2-4-8-15)13-18-21-17-10-6-5-9-16(17)20(25)22-18/h2-10H,11-14H2,1H3,(H,21,22,25). The van der Waals surface area contributed by atoms with Gasteiger partial charge in [0.1, 0.15) is 12.4 Å². The number of carbonyl (C=O) groups is 1. The highest BCUT2D eigenvalue weighted by Crippen LogP contribution is 2.09. The van der Waals surface area contributed by atoms with E-state index in [1.165, 1.54) is 7.11 Å². The summed E-state index contributed by atoms with van der Waals surface area (Å²) >= 11 is 0. The molecule has 134 valence electrons. The Hall–Kier alpha value is -2.99. The van der Waals surface area contributed by atoms with E-state index >= 15 is 0 Å². The van der Waals surface area contributed by atoms with E-state index in [0.29, 0.717) is 29.7 Å². The van der Waals surface area contributed by atoms with Crippen LogP contribution in [0.3, 0.4) is 0 Å². The highest BCUT2D eigenvalue weighted by Gasteiger charge is 2.16. The highest BCUT2D eigenvalue weighted by atomic mass is 16.5. The molecule has 1 amide bonds. The maximum Gasteiger partial charge on any atom is 0.258 e. The summed E-state index contributed by atoms with van der Waals surface area (Å²) in [5.41, 5.74) is 1.56. The van der Waals surface area contributed by atoms with E-state index in [2.05, 4.69) is 9.97 Å². The summed E-state index contributed by atoms with van der Waals surface area (Å²) in [6.45, 7) is 0.741. The fourth-order valence-corrected chi connectivity index (χ4v) is 2.81. The van der Waals surface area contributed by atoms with Crippen molar-refractivity contribution in [3.05, 3.63) is 76.3 Å². The first-order chi connectivity index (χ1) is 12.7. The average Bonchev–Trinajstić information content (AvgIpc) is 2.66. The molecular formula is C20H21N3O3. The van der Waals surface area contributed by atoms with Gasteiger partial charge >= 0.3 is 0 Å². The summed E-state index contributed by atoms with van der Waals surface area (Å²) in [4.78, 5) is 33.5. The summed E-state index contributed by atoms with van der Waals surface area (Å²) < 4.78 is 4.98. The number of aromatic amines is 1. The Kier molecular flexibility index (Phi) is 5.76. The van der Waals surface area contributed by atoms with Crippen LogP contribution in [-0.4, -0.2) is 41.0 Å². The molecule has 0 fully saturated rings. The third-order valence-electron chi connectivity index (χ3n) is 4.14. The van der Waals surface area contributed by atoms with Crippen molar-refractivity contribution in [1.29, 1.82) is 0 Å². The van der Waals surface area contributed by atoms with Crippen LogP contribution in [0, 0.1) is 0 Å². The van der Waals surface area contributed by atoms with Crippen LogP contribution in [0.5, 0.6) is 0 Å². The van der Waals surface area contributed by atoms with Gasteiger partial charge in [-0.05, 0) is 24.1 Å². The van der Waals surface area contributed by atoms with Crippen molar-refractivity contribution in [2.45, 2.75) is 13.0 Å². The Bertz CT molecular complexity index is 938. The lowest BCUT2D eigenvalue weighted by Crippen LogP contribution is -2.36. The fourth-order valence-electron chi connectivity index (χ4n) is 2.81. The summed E-state index contributed by atoms with van der Waals surface area (Å²) in [7, 11) is 1.49. The van der Waals surface area contributed by atoms with Crippen LogP contribution in [-0.2, 0) is 22.5 Å². The van der Waals surface area contributed by atoms with Crippen molar-refractivity contribution in [2.24, 2.45) is 0 Å². The number of methoxy groups -OCH3 is 1. The van der Waals surface area contributed by atoms with E-state index in [1.54, 1.807) is 23.1 Å². The number of rotatable bonds is 7. The second kappa shape index (κ2) is 8.40. The Morgan fingerprint density at radius 3 is 2.62 bits per heavy atom. The number of fused-ring (bicyclic) bond motifs is 1. The first kappa shape index (κ1) is 17.8.